The van der Waals surface area contributed by atoms with E-state index in [9.17, 15) is 0 Å². The molecule has 3 heterocycles. The fourth-order valence-corrected chi connectivity index (χ4v) is 4.47. The number of aromatic nitrogens is 2. The molecule has 124 valence electrons. The number of hydrogen-bond acceptors (Lipinski definition) is 4. The van der Waals surface area contributed by atoms with E-state index in [-0.39, 0.29) is 0 Å². The van der Waals surface area contributed by atoms with Crippen LogP contribution in [-0.2, 0) is 11.2 Å². The highest BCUT2D eigenvalue weighted by molar-refractivity contribution is 5.04. The summed E-state index contributed by atoms with van der Waals surface area (Å²) >= 11 is 0. The first-order valence-corrected chi connectivity index (χ1v) is 9.07. The third kappa shape index (κ3) is 3.64. The summed E-state index contributed by atoms with van der Waals surface area (Å²) in [7, 11) is 0. The van der Waals surface area contributed by atoms with Crippen LogP contribution in [0.5, 0.6) is 0 Å². The molecule has 0 N–H and O–H groups in total. The number of nitrogens with zero attached hydrogens (tertiary/aromatic N) is 3. The third-order valence-electron chi connectivity index (χ3n) is 5.62. The fraction of sp³-hybridized carbons (Fsp3) is 0.684. The Hall–Kier alpha value is -1.26. The number of aryl methyl sites for hydroxylation is 1. The van der Waals surface area contributed by atoms with Gasteiger partial charge in [0.1, 0.15) is 5.82 Å². The molecule has 2 aliphatic heterocycles. The van der Waals surface area contributed by atoms with E-state index in [1.165, 1.54) is 32.4 Å². The molecule has 1 aromatic heterocycles. The predicted molar refractivity (Wildman–Crippen MR) is 90.2 cm³/mol. The van der Waals surface area contributed by atoms with Gasteiger partial charge in [-0.2, -0.15) is 0 Å². The smallest absolute Gasteiger partial charge is 0.125 e. The highest BCUT2D eigenvalue weighted by Gasteiger charge is 2.35. The Morgan fingerprint density at radius 1 is 1.13 bits per heavy atom. The van der Waals surface area contributed by atoms with E-state index in [0.717, 1.165) is 42.7 Å². The van der Waals surface area contributed by atoms with Crippen molar-refractivity contribution >= 4 is 0 Å². The maximum absolute atomic E-state index is 6.30. The van der Waals surface area contributed by atoms with Crippen molar-refractivity contribution in [2.75, 3.05) is 19.6 Å². The molecule has 4 atom stereocenters. The first kappa shape index (κ1) is 15.3. The molecule has 1 aliphatic carbocycles. The molecule has 4 rings (SSSR count). The molecular weight excluding hydrogens is 286 g/mol. The number of likely N-dealkylation sites (tertiary alicyclic amines) is 1. The lowest BCUT2D eigenvalue weighted by atomic mass is 9.86. The van der Waals surface area contributed by atoms with Gasteiger partial charge in [0.05, 0.1) is 12.2 Å². The van der Waals surface area contributed by atoms with Gasteiger partial charge in [0.15, 0.2) is 0 Å². The summed E-state index contributed by atoms with van der Waals surface area (Å²) in [4.78, 5) is 11.3. The van der Waals surface area contributed by atoms with Gasteiger partial charge < -0.3 is 9.64 Å². The molecule has 4 heteroatoms. The first-order chi connectivity index (χ1) is 11.3. The minimum absolute atomic E-state index is 0.334. The molecule has 0 bridgehead atoms. The zero-order valence-corrected chi connectivity index (χ0v) is 14.0. The summed E-state index contributed by atoms with van der Waals surface area (Å²) in [6.07, 6.45) is 13.2. The zero-order valence-electron chi connectivity index (χ0n) is 14.0. The number of hydrogen-bond donors (Lipinski definition) is 0. The molecule has 2 saturated heterocycles. The molecule has 0 saturated carbocycles. The molecule has 0 aromatic carbocycles. The van der Waals surface area contributed by atoms with Crippen LogP contribution in [0.3, 0.4) is 0 Å². The minimum atomic E-state index is 0.334. The van der Waals surface area contributed by atoms with Gasteiger partial charge in [-0.25, -0.2) is 9.97 Å². The molecule has 0 radical (unpaired) electrons. The van der Waals surface area contributed by atoms with Gasteiger partial charge in [-0.1, -0.05) is 12.2 Å². The van der Waals surface area contributed by atoms with Crippen molar-refractivity contribution in [1.82, 2.24) is 14.9 Å². The highest BCUT2D eigenvalue weighted by atomic mass is 16.5. The summed E-state index contributed by atoms with van der Waals surface area (Å²) in [6.45, 7) is 5.60. The van der Waals surface area contributed by atoms with Gasteiger partial charge >= 0.3 is 0 Å². The number of rotatable bonds is 4. The second-order valence-corrected chi connectivity index (χ2v) is 7.44. The summed E-state index contributed by atoms with van der Waals surface area (Å²) in [5.41, 5.74) is 1.11. The van der Waals surface area contributed by atoms with Gasteiger partial charge in [-0.3, -0.25) is 0 Å². The predicted octanol–water partition coefficient (Wildman–Crippen LogP) is 2.77. The lowest BCUT2D eigenvalue weighted by Crippen LogP contribution is -2.31. The van der Waals surface area contributed by atoms with Crippen LogP contribution < -0.4 is 0 Å². The van der Waals surface area contributed by atoms with E-state index in [0.29, 0.717) is 12.2 Å². The third-order valence-corrected chi connectivity index (χ3v) is 5.62. The number of allylic oxidation sites excluding steroid dienone is 2. The Bertz CT molecular complexity index is 557. The van der Waals surface area contributed by atoms with Crippen LogP contribution >= 0.6 is 0 Å². The average Bonchev–Trinajstić information content (AvgIpc) is 3.13. The quantitative estimate of drug-likeness (QED) is 0.801. The first-order valence-electron chi connectivity index (χ1n) is 9.07. The molecule has 23 heavy (non-hydrogen) atoms. The fourth-order valence-electron chi connectivity index (χ4n) is 4.47. The molecular formula is C19H27N3O. The monoisotopic (exact) mass is 313 g/mol. The van der Waals surface area contributed by atoms with Crippen LogP contribution in [0, 0.1) is 18.8 Å². The lowest BCUT2D eigenvalue weighted by molar-refractivity contribution is 0.0261. The SMILES string of the molecule is Cc1nccc(C[C@@H]2CC[C@H](CN3C[C@H]4CC=CC[C@H]4C3)O2)n1. The number of ether oxygens (including phenoxy) is 1. The van der Waals surface area contributed by atoms with Gasteiger partial charge in [0.25, 0.3) is 0 Å². The largest absolute Gasteiger partial charge is 0.373 e. The van der Waals surface area contributed by atoms with Crippen molar-refractivity contribution in [2.24, 2.45) is 11.8 Å². The maximum atomic E-state index is 6.30. The van der Waals surface area contributed by atoms with Crippen molar-refractivity contribution in [3.8, 4) is 0 Å². The van der Waals surface area contributed by atoms with Crippen molar-refractivity contribution in [3.63, 3.8) is 0 Å². The molecule has 4 nitrogen and oxygen atoms in total. The van der Waals surface area contributed by atoms with Crippen molar-refractivity contribution in [3.05, 3.63) is 35.9 Å². The van der Waals surface area contributed by atoms with Crippen molar-refractivity contribution < 1.29 is 4.74 Å². The summed E-state index contributed by atoms with van der Waals surface area (Å²) in [5, 5.41) is 0. The Morgan fingerprint density at radius 3 is 2.61 bits per heavy atom. The molecule has 2 fully saturated rings. The van der Waals surface area contributed by atoms with Gasteiger partial charge in [-0.15, -0.1) is 0 Å². The van der Waals surface area contributed by atoms with E-state index in [1.807, 2.05) is 19.2 Å². The van der Waals surface area contributed by atoms with E-state index in [1.54, 1.807) is 0 Å². The summed E-state index contributed by atoms with van der Waals surface area (Å²) < 4.78 is 6.30. The van der Waals surface area contributed by atoms with Crippen LogP contribution in [0.1, 0.15) is 37.2 Å². The summed E-state index contributed by atoms with van der Waals surface area (Å²) in [5.74, 6) is 2.63. The zero-order chi connectivity index (χ0) is 15.6. The second kappa shape index (κ2) is 6.70. The topological polar surface area (TPSA) is 38.2 Å². The molecule has 0 spiro atoms. The van der Waals surface area contributed by atoms with Gasteiger partial charge in [-0.05, 0) is 50.5 Å². The van der Waals surface area contributed by atoms with E-state index in [2.05, 4.69) is 27.0 Å². The van der Waals surface area contributed by atoms with E-state index in [4.69, 9.17) is 4.74 Å². The Balaban J connectivity index is 1.26. The number of fused-ring (bicyclic) bond motifs is 1. The van der Waals surface area contributed by atoms with Crippen LogP contribution in [0.4, 0.5) is 0 Å². The van der Waals surface area contributed by atoms with Crippen molar-refractivity contribution in [2.45, 2.75) is 51.2 Å². The summed E-state index contributed by atoms with van der Waals surface area (Å²) in [6, 6.07) is 2.02. The van der Waals surface area contributed by atoms with Crippen molar-refractivity contribution in [1.29, 1.82) is 0 Å². The molecule has 0 unspecified atom stereocenters. The Kier molecular flexibility index (Phi) is 4.45. The lowest BCUT2D eigenvalue weighted by Gasteiger charge is -2.21. The minimum Gasteiger partial charge on any atom is -0.373 e. The van der Waals surface area contributed by atoms with Crippen LogP contribution in [0.25, 0.3) is 0 Å². The van der Waals surface area contributed by atoms with Crippen LogP contribution in [0.15, 0.2) is 24.4 Å². The van der Waals surface area contributed by atoms with Gasteiger partial charge in [0, 0.05) is 37.9 Å². The van der Waals surface area contributed by atoms with Gasteiger partial charge in [0.2, 0.25) is 0 Å². The molecule has 3 aliphatic rings. The highest BCUT2D eigenvalue weighted by Crippen LogP contribution is 2.33. The molecule has 1 aromatic rings. The van der Waals surface area contributed by atoms with E-state index >= 15 is 0 Å². The average molecular weight is 313 g/mol. The van der Waals surface area contributed by atoms with Crippen LogP contribution in [-0.4, -0.2) is 46.7 Å². The Morgan fingerprint density at radius 2 is 1.87 bits per heavy atom. The van der Waals surface area contributed by atoms with E-state index < -0.39 is 0 Å². The molecule has 0 amide bonds. The normalized spacial score (nSPS) is 34.0. The second-order valence-electron chi connectivity index (χ2n) is 7.44. The Labute approximate surface area is 139 Å². The van der Waals surface area contributed by atoms with Crippen LogP contribution in [0.2, 0.25) is 0 Å². The maximum Gasteiger partial charge on any atom is 0.125 e. The standard InChI is InChI=1S/C19H27N3O/c1-14-20-9-8-17(21-14)10-18-6-7-19(23-18)13-22-11-15-4-2-3-5-16(15)12-22/h2-3,8-9,15-16,18-19H,4-7,10-13H2,1H3/t15-,16+,18-,19+/m0/s1.